The van der Waals surface area contributed by atoms with Crippen molar-refractivity contribution in [2.45, 2.75) is 79.1 Å². The molecular formula is C24H35N3O5. The van der Waals surface area contributed by atoms with Gasteiger partial charge in [-0.05, 0) is 70.7 Å². The highest BCUT2D eigenvalue weighted by molar-refractivity contribution is 5.93. The van der Waals surface area contributed by atoms with Crippen LogP contribution in [0.15, 0.2) is 18.2 Å². The van der Waals surface area contributed by atoms with E-state index in [0.717, 1.165) is 4.90 Å². The first-order valence-corrected chi connectivity index (χ1v) is 10.6. The third kappa shape index (κ3) is 7.49. The maximum absolute atomic E-state index is 13.5. The van der Waals surface area contributed by atoms with Crippen molar-refractivity contribution in [2.75, 3.05) is 0 Å². The van der Waals surface area contributed by atoms with Crippen molar-refractivity contribution in [1.29, 1.82) is 0 Å². The predicted molar refractivity (Wildman–Crippen MR) is 123 cm³/mol. The van der Waals surface area contributed by atoms with Crippen LogP contribution in [0.5, 0.6) is 5.75 Å². The van der Waals surface area contributed by atoms with Gasteiger partial charge in [0.2, 0.25) is 5.91 Å². The molecule has 0 saturated carbocycles. The van der Waals surface area contributed by atoms with E-state index in [1.807, 2.05) is 0 Å². The van der Waals surface area contributed by atoms with Gasteiger partial charge < -0.3 is 20.5 Å². The fourth-order valence-corrected chi connectivity index (χ4v) is 2.99. The van der Waals surface area contributed by atoms with E-state index in [1.165, 1.54) is 12.1 Å². The number of carbonyl (C=O) groups excluding carboxylic acids is 3. The van der Waals surface area contributed by atoms with Crippen molar-refractivity contribution in [2.24, 2.45) is 5.92 Å². The van der Waals surface area contributed by atoms with Crippen LogP contribution < -0.4 is 10.6 Å². The average molecular weight is 446 g/mol. The zero-order chi connectivity index (χ0) is 24.8. The van der Waals surface area contributed by atoms with Crippen molar-refractivity contribution in [3.63, 3.8) is 0 Å². The number of carbonyl (C=O) groups is 3. The Morgan fingerprint density at radius 2 is 1.72 bits per heavy atom. The number of aryl methyl sites for hydroxylation is 1. The molecule has 8 heteroatoms. The van der Waals surface area contributed by atoms with E-state index in [-0.39, 0.29) is 17.7 Å². The molecule has 2 unspecified atom stereocenters. The summed E-state index contributed by atoms with van der Waals surface area (Å²) in [5, 5.41) is 15.2. The summed E-state index contributed by atoms with van der Waals surface area (Å²) < 4.78 is 5.28. The molecule has 0 fully saturated rings. The lowest BCUT2D eigenvalue weighted by atomic mass is 9.98. The number of aromatic hydroxyl groups is 1. The summed E-state index contributed by atoms with van der Waals surface area (Å²) in [5.74, 6) is -1.37. The second kappa shape index (κ2) is 10.9. The molecule has 176 valence electrons. The minimum Gasteiger partial charge on any atom is -0.508 e. The number of nitrogens with one attached hydrogen (secondary N) is 2. The second-order valence-corrected chi connectivity index (χ2v) is 9.32. The molecule has 0 saturated heterocycles. The van der Waals surface area contributed by atoms with Crippen LogP contribution in [0.1, 0.15) is 65.6 Å². The largest absolute Gasteiger partial charge is 0.508 e. The lowest BCUT2D eigenvalue weighted by molar-refractivity contribution is -0.139. The fourth-order valence-electron chi connectivity index (χ4n) is 2.99. The number of benzene rings is 1. The number of amides is 3. The molecule has 0 spiro atoms. The summed E-state index contributed by atoms with van der Waals surface area (Å²) in [6.45, 7) is 13.9. The molecule has 8 nitrogen and oxygen atoms in total. The molecule has 0 aromatic heterocycles. The van der Waals surface area contributed by atoms with Crippen LogP contribution >= 0.6 is 0 Å². The van der Waals surface area contributed by atoms with Crippen LogP contribution in [0.4, 0.5) is 4.79 Å². The van der Waals surface area contributed by atoms with Gasteiger partial charge in [0.15, 0.2) is 0 Å². The Bertz CT molecular complexity index is 881. The number of phenolic OH excluding ortho intramolecular Hbond substituents is 1. The van der Waals surface area contributed by atoms with E-state index in [4.69, 9.17) is 11.2 Å². The molecule has 0 aliphatic heterocycles. The predicted octanol–water partition coefficient (Wildman–Crippen LogP) is 3.23. The van der Waals surface area contributed by atoms with E-state index < -0.39 is 35.6 Å². The van der Waals surface area contributed by atoms with Gasteiger partial charge in [-0.15, -0.1) is 0 Å². The van der Waals surface area contributed by atoms with Crippen molar-refractivity contribution in [1.82, 2.24) is 15.5 Å². The van der Waals surface area contributed by atoms with E-state index in [2.05, 4.69) is 16.7 Å². The molecule has 1 rings (SSSR count). The third-order valence-electron chi connectivity index (χ3n) is 4.46. The van der Waals surface area contributed by atoms with Gasteiger partial charge in [0, 0.05) is 12.1 Å². The summed E-state index contributed by atoms with van der Waals surface area (Å²) >= 11 is 0. The molecule has 1 aromatic carbocycles. The zero-order valence-electron chi connectivity index (χ0n) is 20.1. The maximum atomic E-state index is 13.5. The van der Waals surface area contributed by atoms with Gasteiger partial charge in [-0.2, -0.15) is 0 Å². The smallest absolute Gasteiger partial charge is 0.408 e. The van der Waals surface area contributed by atoms with Crippen molar-refractivity contribution < 1.29 is 24.2 Å². The first-order valence-electron chi connectivity index (χ1n) is 10.6. The SMILES string of the molecule is C#CN(C(=O)C(NC(=O)OC(C)(C)C)C(C)C)C(C(=O)NC(C)C)c1ccc(O)c(C)c1. The van der Waals surface area contributed by atoms with Crippen molar-refractivity contribution in [3.05, 3.63) is 29.3 Å². The van der Waals surface area contributed by atoms with Crippen LogP contribution in [0, 0.1) is 25.3 Å². The van der Waals surface area contributed by atoms with Gasteiger partial charge in [0.1, 0.15) is 23.4 Å². The Morgan fingerprint density at radius 3 is 2.16 bits per heavy atom. The van der Waals surface area contributed by atoms with E-state index in [1.54, 1.807) is 61.5 Å². The molecule has 0 heterocycles. The zero-order valence-corrected chi connectivity index (χ0v) is 20.1. The normalized spacial score (nSPS) is 13.2. The second-order valence-electron chi connectivity index (χ2n) is 9.32. The number of nitrogens with zero attached hydrogens (tertiary/aromatic N) is 1. The minimum atomic E-state index is -1.16. The topological polar surface area (TPSA) is 108 Å². The number of phenols is 1. The number of rotatable bonds is 7. The lowest BCUT2D eigenvalue weighted by Crippen LogP contribution is -2.53. The Balaban J connectivity index is 3.39. The number of alkyl carbamates (subject to hydrolysis) is 1. The van der Waals surface area contributed by atoms with Gasteiger partial charge in [-0.1, -0.05) is 26.3 Å². The van der Waals surface area contributed by atoms with Gasteiger partial charge >= 0.3 is 6.09 Å². The molecule has 0 aliphatic rings. The Hall–Kier alpha value is -3.21. The Morgan fingerprint density at radius 1 is 1.12 bits per heavy atom. The standard InChI is InChI=1S/C24H35N3O5/c1-10-27(22(30)19(14(2)3)26-23(31)32-24(7,8)9)20(21(29)25-15(4)5)17-11-12-18(28)16(6)13-17/h1,11-15,19-20,28H,2-9H3,(H,25,29)(H,26,31). The Kier molecular flexibility index (Phi) is 9.13. The van der Waals surface area contributed by atoms with Crippen molar-refractivity contribution >= 4 is 17.9 Å². The average Bonchev–Trinajstić information content (AvgIpc) is 2.63. The van der Waals surface area contributed by atoms with Gasteiger partial charge in [-0.3, -0.25) is 14.5 Å². The van der Waals surface area contributed by atoms with Crippen LogP contribution in [-0.4, -0.2) is 45.6 Å². The molecule has 0 aliphatic carbocycles. The summed E-state index contributed by atoms with van der Waals surface area (Å²) in [6.07, 6.45) is 4.94. The van der Waals surface area contributed by atoms with E-state index in [0.29, 0.717) is 11.1 Å². The Labute approximate surface area is 190 Å². The fraction of sp³-hybridized carbons (Fsp3) is 0.542. The highest BCUT2D eigenvalue weighted by Crippen LogP contribution is 2.27. The molecule has 0 radical (unpaired) electrons. The lowest BCUT2D eigenvalue weighted by Gasteiger charge is -2.32. The van der Waals surface area contributed by atoms with Crippen LogP contribution in [0.25, 0.3) is 0 Å². The number of ether oxygens (including phenoxy) is 1. The number of terminal acetylenes is 1. The molecule has 3 N–H and O–H groups in total. The number of hydrogen-bond donors (Lipinski definition) is 3. The molecule has 1 aromatic rings. The highest BCUT2D eigenvalue weighted by atomic mass is 16.6. The molecule has 0 bridgehead atoms. The summed E-state index contributed by atoms with van der Waals surface area (Å²) in [6, 6.07) is 4.52. The summed E-state index contributed by atoms with van der Waals surface area (Å²) in [7, 11) is 0. The quantitative estimate of drug-likeness (QED) is 0.441. The van der Waals surface area contributed by atoms with E-state index in [9.17, 15) is 19.5 Å². The maximum Gasteiger partial charge on any atom is 0.408 e. The van der Waals surface area contributed by atoms with Gasteiger partial charge in [0.25, 0.3) is 5.91 Å². The van der Waals surface area contributed by atoms with Gasteiger partial charge in [0.05, 0.1) is 0 Å². The van der Waals surface area contributed by atoms with Gasteiger partial charge in [-0.25, -0.2) is 4.79 Å². The highest BCUT2D eigenvalue weighted by Gasteiger charge is 2.37. The summed E-state index contributed by atoms with van der Waals surface area (Å²) in [5.41, 5.74) is 0.218. The molecule has 32 heavy (non-hydrogen) atoms. The third-order valence-corrected chi connectivity index (χ3v) is 4.46. The number of hydrogen-bond acceptors (Lipinski definition) is 5. The molecular weight excluding hydrogens is 410 g/mol. The minimum absolute atomic E-state index is 0.0574. The first-order chi connectivity index (χ1) is 14.7. The molecule has 2 atom stereocenters. The first kappa shape index (κ1) is 26.8. The van der Waals surface area contributed by atoms with E-state index >= 15 is 0 Å². The van der Waals surface area contributed by atoms with Crippen molar-refractivity contribution in [3.8, 4) is 18.2 Å². The van der Waals surface area contributed by atoms with Crippen LogP contribution in [0.2, 0.25) is 0 Å². The van der Waals surface area contributed by atoms with Crippen LogP contribution in [-0.2, 0) is 14.3 Å². The molecule has 3 amide bonds. The summed E-state index contributed by atoms with van der Waals surface area (Å²) in [4.78, 5) is 39.8. The van der Waals surface area contributed by atoms with Crippen LogP contribution in [0.3, 0.4) is 0 Å². The monoisotopic (exact) mass is 445 g/mol.